The Morgan fingerprint density at radius 3 is 2.52 bits per heavy atom. The molecule has 0 unspecified atom stereocenters. The maximum Gasteiger partial charge on any atom is 0.348 e. The number of ether oxygens (including phenoxy) is 2. The Balaban J connectivity index is 1.37. The number of anilines is 2. The van der Waals surface area contributed by atoms with E-state index in [0.717, 1.165) is 5.56 Å². The van der Waals surface area contributed by atoms with E-state index in [1.807, 2.05) is 24.3 Å². The Kier molecular flexibility index (Phi) is 6.25. The van der Waals surface area contributed by atoms with Crippen LogP contribution in [-0.4, -0.2) is 53.9 Å². The van der Waals surface area contributed by atoms with Gasteiger partial charge in [0.2, 0.25) is 11.7 Å². The van der Waals surface area contributed by atoms with Gasteiger partial charge in [0.1, 0.15) is 5.75 Å². The summed E-state index contributed by atoms with van der Waals surface area (Å²) in [5.41, 5.74) is 2.07. The molecule has 2 aromatic rings. The number of nitrogens with zero attached hydrogens (tertiary/aromatic N) is 3. The van der Waals surface area contributed by atoms with E-state index in [2.05, 4.69) is 15.6 Å². The van der Waals surface area contributed by atoms with Crippen LogP contribution in [0, 0.1) is 0 Å². The monoisotopic (exact) mass is 449 g/mol. The van der Waals surface area contributed by atoms with Gasteiger partial charge in [0.15, 0.2) is 0 Å². The molecule has 2 aliphatic heterocycles. The van der Waals surface area contributed by atoms with Gasteiger partial charge in [-0.3, -0.25) is 14.5 Å². The number of amidine groups is 1. The molecule has 0 atom stereocenters. The van der Waals surface area contributed by atoms with Gasteiger partial charge in [0.05, 0.1) is 13.3 Å². The molecule has 10 nitrogen and oxygen atoms in total. The SMILES string of the molecule is COc1cccc(CN2CCN3C=C(C(=O)Nc4ccc(NC(C)=O)cc4)OC3=NC2=O)c1. The maximum atomic E-state index is 12.6. The molecule has 0 fully saturated rings. The first-order valence-corrected chi connectivity index (χ1v) is 10.3. The van der Waals surface area contributed by atoms with E-state index < -0.39 is 11.9 Å². The molecule has 0 aliphatic carbocycles. The summed E-state index contributed by atoms with van der Waals surface area (Å²) in [6.07, 6.45) is 1.53. The minimum absolute atomic E-state index is 0.0359. The van der Waals surface area contributed by atoms with E-state index in [1.54, 1.807) is 41.2 Å². The molecule has 2 N–H and O–H groups in total. The summed E-state index contributed by atoms with van der Waals surface area (Å²) < 4.78 is 10.8. The number of hydrogen-bond donors (Lipinski definition) is 2. The highest BCUT2D eigenvalue weighted by molar-refractivity contribution is 6.06. The van der Waals surface area contributed by atoms with Gasteiger partial charge in [-0.05, 0) is 42.0 Å². The molecular formula is C23H23N5O5. The van der Waals surface area contributed by atoms with E-state index in [4.69, 9.17) is 9.47 Å². The van der Waals surface area contributed by atoms with Crippen LogP contribution in [0.4, 0.5) is 16.2 Å². The van der Waals surface area contributed by atoms with E-state index in [1.165, 1.54) is 13.1 Å². The zero-order valence-corrected chi connectivity index (χ0v) is 18.2. The summed E-state index contributed by atoms with van der Waals surface area (Å²) in [5.74, 6) is 0.0992. The van der Waals surface area contributed by atoms with Crippen LogP contribution in [0.3, 0.4) is 0 Å². The maximum absolute atomic E-state index is 12.6. The summed E-state index contributed by atoms with van der Waals surface area (Å²) >= 11 is 0. The van der Waals surface area contributed by atoms with Gasteiger partial charge in [-0.1, -0.05) is 12.1 Å². The van der Waals surface area contributed by atoms with Gasteiger partial charge in [-0.15, -0.1) is 4.99 Å². The van der Waals surface area contributed by atoms with Crippen LogP contribution in [-0.2, 0) is 20.9 Å². The van der Waals surface area contributed by atoms with Crippen LogP contribution < -0.4 is 15.4 Å². The Morgan fingerprint density at radius 2 is 1.82 bits per heavy atom. The van der Waals surface area contributed by atoms with Gasteiger partial charge in [-0.2, -0.15) is 0 Å². The fourth-order valence-electron chi connectivity index (χ4n) is 3.38. The molecule has 0 radical (unpaired) electrons. The molecule has 2 aromatic carbocycles. The number of hydrogen-bond acceptors (Lipinski definition) is 6. The van der Waals surface area contributed by atoms with Gasteiger partial charge in [0, 0.05) is 37.9 Å². The van der Waals surface area contributed by atoms with Crippen LogP contribution in [0.25, 0.3) is 0 Å². The summed E-state index contributed by atoms with van der Waals surface area (Å²) in [6.45, 7) is 2.63. The second-order valence-electron chi connectivity index (χ2n) is 7.45. The molecule has 0 saturated heterocycles. The first-order chi connectivity index (χ1) is 15.9. The zero-order chi connectivity index (χ0) is 23.4. The van der Waals surface area contributed by atoms with Gasteiger partial charge in [-0.25, -0.2) is 4.79 Å². The van der Waals surface area contributed by atoms with Gasteiger partial charge < -0.3 is 25.0 Å². The van der Waals surface area contributed by atoms with Crippen LogP contribution in [0.15, 0.2) is 65.5 Å². The van der Waals surface area contributed by atoms with E-state index in [9.17, 15) is 14.4 Å². The molecular weight excluding hydrogens is 426 g/mol. The third-order valence-electron chi connectivity index (χ3n) is 4.99. The first kappa shape index (κ1) is 21.9. The first-order valence-electron chi connectivity index (χ1n) is 10.3. The van der Waals surface area contributed by atoms with Crippen molar-refractivity contribution in [3.05, 3.63) is 66.1 Å². The highest BCUT2D eigenvalue weighted by Gasteiger charge is 2.31. The average Bonchev–Trinajstić information content (AvgIpc) is 3.14. The molecule has 4 amide bonds. The van der Waals surface area contributed by atoms with Crippen molar-refractivity contribution in [1.29, 1.82) is 0 Å². The molecule has 2 aliphatic rings. The summed E-state index contributed by atoms with van der Waals surface area (Å²) in [4.78, 5) is 43.6. The van der Waals surface area contributed by atoms with Crippen molar-refractivity contribution in [2.24, 2.45) is 4.99 Å². The Hall–Kier alpha value is -4.34. The fraction of sp³-hybridized carbons (Fsp3) is 0.217. The fourth-order valence-corrected chi connectivity index (χ4v) is 3.38. The summed E-state index contributed by atoms with van der Waals surface area (Å²) in [6, 6.07) is 13.8. The van der Waals surface area contributed by atoms with E-state index >= 15 is 0 Å². The molecule has 10 heteroatoms. The van der Waals surface area contributed by atoms with Crippen molar-refractivity contribution in [1.82, 2.24) is 9.80 Å². The third kappa shape index (κ3) is 5.29. The minimum Gasteiger partial charge on any atom is -0.497 e. The predicted molar refractivity (Wildman–Crippen MR) is 121 cm³/mol. The molecule has 170 valence electrons. The second-order valence-corrected chi connectivity index (χ2v) is 7.45. The number of aliphatic imine (C=N–C) groups is 1. The summed E-state index contributed by atoms with van der Waals surface area (Å²) in [5, 5.41) is 5.38. The smallest absolute Gasteiger partial charge is 0.348 e. The highest BCUT2D eigenvalue weighted by atomic mass is 16.5. The molecule has 0 aromatic heterocycles. The van der Waals surface area contributed by atoms with Gasteiger partial charge >= 0.3 is 12.1 Å². The Morgan fingerprint density at radius 1 is 1.09 bits per heavy atom. The van der Waals surface area contributed by atoms with E-state index in [0.29, 0.717) is 36.8 Å². The number of fused-ring (bicyclic) bond motifs is 1. The largest absolute Gasteiger partial charge is 0.497 e. The Labute approximate surface area is 190 Å². The number of amides is 4. The van der Waals surface area contributed by atoms with E-state index in [-0.39, 0.29) is 17.7 Å². The molecule has 2 heterocycles. The highest BCUT2D eigenvalue weighted by Crippen LogP contribution is 2.21. The zero-order valence-electron chi connectivity index (χ0n) is 18.2. The number of carbonyl (C=O) groups excluding carboxylic acids is 3. The number of benzene rings is 2. The quantitative estimate of drug-likeness (QED) is 0.701. The third-order valence-corrected chi connectivity index (χ3v) is 4.99. The topological polar surface area (TPSA) is 113 Å². The minimum atomic E-state index is -0.473. The summed E-state index contributed by atoms with van der Waals surface area (Å²) in [7, 11) is 1.59. The van der Waals surface area contributed by atoms with Crippen LogP contribution in [0.2, 0.25) is 0 Å². The van der Waals surface area contributed by atoms with Crippen molar-refractivity contribution in [2.75, 3.05) is 30.8 Å². The molecule has 33 heavy (non-hydrogen) atoms. The van der Waals surface area contributed by atoms with Crippen LogP contribution in [0.5, 0.6) is 5.75 Å². The molecule has 0 spiro atoms. The molecule has 0 bridgehead atoms. The van der Waals surface area contributed by atoms with Crippen molar-refractivity contribution in [3.8, 4) is 5.75 Å². The lowest BCUT2D eigenvalue weighted by Crippen LogP contribution is -2.31. The normalized spacial score (nSPS) is 15.0. The Bertz CT molecular complexity index is 1140. The average molecular weight is 449 g/mol. The second kappa shape index (κ2) is 9.43. The number of rotatable bonds is 6. The van der Waals surface area contributed by atoms with Crippen LogP contribution in [0.1, 0.15) is 12.5 Å². The van der Waals surface area contributed by atoms with Crippen LogP contribution >= 0.6 is 0 Å². The molecule has 4 rings (SSSR count). The number of carbonyl (C=O) groups is 3. The number of methoxy groups -OCH3 is 1. The number of urea groups is 1. The van der Waals surface area contributed by atoms with Crippen molar-refractivity contribution < 1.29 is 23.9 Å². The van der Waals surface area contributed by atoms with Crippen molar-refractivity contribution in [2.45, 2.75) is 13.5 Å². The number of nitrogens with one attached hydrogen (secondary N) is 2. The lowest BCUT2D eigenvalue weighted by Gasteiger charge is -2.19. The lowest BCUT2D eigenvalue weighted by atomic mass is 10.2. The van der Waals surface area contributed by atoms with Gasteiger partial charge in [0.25, 0.3) is 5.91 Å². The molecule has 0 saturated carbocycles. The standard InChI is InChI=1S/C23H23N5O5/c1-15(29)24-17-6-8-18(9-7-17)25-21(30)20-14-28-11-10-27(22(31)26-23(28)33-20)13-16-4-3-5-19(12-16)32-2/h3-9,12,14H,10-11,13H2,1-2H3,(H,24,29)(H,25,30). The van der Waals surface area contributed by atoms with Crippen molar-refractivity contribution >= 4 is 35.2 Å². The van der Waals surface area contributed by atoms with Crippen molar-refractivity contribution in [3.63, 3.8) is 0 Å². The predicted octanol–water partition coefficient (Wildman–Crippen LogP) is 2.76. The lowest BCUT2D eigenvalue weighted by molar-refractivity contribution is -0.115.